The normalized spacial score (nSPS) is 15.5. The van der Waals surface area contributed by atoms with Crippen LogP contribution in [0.1, 0.15) is 11.3 Å². The van der Waals surface area contributed by atoms with E-state index >= 15 is 0 Å². The van der Waals surface area contributed by atoms with E-state index in [4.69, 9.17) is 17.3 Å². The van der Waals surface area contributed by atoms with Gasteiger partial charge in [-0.1, -0.05) is 11.6 Å². The molecule has 0 unspecified atom stereocenters. The summed E-state index contributed by atoms with van der Waals surface area (Å²) in [5, 5.41) is -0.145. The third kappa shape index (κ3) is 2.53. The van der Waals surface area contributed by atoms with Crippen molar-refractivity contribution in [2.75, 3.05) is 12.3 Å². The number of fused-ring (bicyclic) bond motifs is 1. The average molecular weight is 343 g/mol. The van der Waals surface area contributed by atoms with E-state index in [0.717, 1.165) is 23.8 Å². The molecule has 0 fully saturated rings. The van der Waals surface area contributed by atoms with Gasteiger partial charge in [0.05, 0.1) is 17.3 Å². The van der Waals surface area contributed by atoms with Gasteiger partial charge in [-0.25, -0.2) is 22.8 Å². The molecule has 1 aromatic carbocycles. The smallest absolute Gasteiger partial charge is 0.244 e. The van der Waals surface area contributed by atoms with E-state index in [9.17, 15) is 12.8 Å². The van der Waals surface area contributed by atoms with Gasteiger partial charge >= 0.3 is 0 Å². The molecule has 1 aromatic heterocycles. The summed E-state index contributed by atoms with van der Waals surface area (Å²) < 4.78 is 39.7. The van der Waals surface area contributed by atoms with Crippen LogP contribution in [0.2, 0.25) is 5.02 Å². The average Bonchev–Trinajstić information content (AvgIpc) is 2.46. The molecule has 2 aromatic rings. The lowest BCUT2D eigenvalue weighted by atomic mass is 10.1. The van der Waals surface area contributed by atoms with Crippen LogP contribution in [0.25, 0.3) is 0 Å². The largest absolute Gasteiger partial charge is 0.383 e. The molecule has 1 aliphatic rings. The molecule has 0 radical (unpaired) electrons. The molecule has 0 saturated carbocycles. The lowest BCUT2D eigenvalue weighted by molar-refractivity contribution is 0.385. The van der Waals surface area contributed by atoms with Gasteiger partial charge in [0, 0.05) is 12.1 Å². The standard InChI is InChI=1S/C13H12ClFN4O2S/c14-10-5-8(15)1-2-12(10)22(20,21)19-4-3-9-11(6-19)17-7-18-13(9)16/h1-2,5,7H,3-4,6H2,(H2,16,17,18). The van der Waals surface area contributed by atoms with E-state index in [0.29, 0.717) is 17.9 Å². The maximum atomic E-state index is 13.1. The van der Waals surface area contributed by atoms with Crippen LogP contribution in [0.4, 0.5) is 10.2 Å². The Kier molecular flexibility index (Phi) is 3.75. The van der Waals surface area contributed by atoms with Crippen LogP contribution < -0.4 is 5.73 Å². The summed E-state index contributed by atoms with van der Waals surface area (Å²) in [6.07, 6.45) is 1.72. The zero-order valence-electron chi connectivity index (χ0n) is 11.3. The van der Waals surface area contributed by atoms with Crippen molar-refractivity contribution < 1.29 is 12.8 Å². The highest BCUT2D eigenvalue weighted by atomic mass is 35.5. The summed E-state index contributed by atoms with van der Waals surface area (Å²) in [4.78, 5) is 7.86. The van der Waals surface area contributed by atoms with Crippen molar-refractivity contribution in [3.8, 4) is 0 Å². The summed E-state index contributed by atoms with van der Waals surface area (Å²) in [5.41, 5.74) is 7.10. The number of hydrogen-bond acceptors (Lipinski definition) is 5. The lowest BCUT2D eigenvalue weighted by Gasteiger charge is -2.27. The highest BCUT2D eigenvalue weighted by Gasteiger charge is 2.31. The summed E-state index contributed by atoms with van der Waals surface area (Å²) in [5.74, 6) is -0.227. The molecule has 22 heavy (non-hydrogen) atoms. The second-order valence-corrected chi connectivity index (χ2v) is 7.16. The number of benzene rings is 1. The monoisotopic (exact) mass is 342 g/mol. The van der Waals surface area contributed by atoms with Gasteiger partial charge in [-0.15, -0.1) is 0 Å². The Bertz CT molecular complexity index is 844. The van der Waals surface area contributed by atoms with Gasteiger partial charge in [0.2, 0.25) is 10.0 Å². The van der Waals surface area contributed by atoms with Gasteiger partial charge in [0.25, 0.3) is 0 Å². The quantitative estimate of drug-likeness (QED) is 0.895. The highest BCUT2D eigenvalue weighted by molar-refractivity contribution is 7.89. The fourth-order valence-electron chi connectivity index (χ4n) is 2.38. The van der Waals surface area contributed by atoms with Gasteiger partial charge < -0.3 is 5.73 Å². The van der Waals surface area contributed by atoms with Crippen molar-refractivity contribution in [3.63, 3.8) is 0 Å². The summed E-state index contributed by atoms with van der Waals surface area (Å²) in [7, 11) is -3.83. The number of hydrogen-bond donors (Lipinski definition) is 1. The molecule has 2 N–H and O–H groups in total. The molecule has 0 bridgehead atoms. The van der Waals surface area contributed by atoms with E-state index in [2.05, 4.69) is 9.97 Å². The minimum Gasteiger partial charge on any atom is -0.383 e. The van der Waals surface area contributed by atoms with Crippen molar-refractivity contribution in [2.45, 2.75) is 17.9 Å². The molecule has 0 saturated heterocycles. The molecule has 0 amide bonds. The third-order valence-corrected chi connectivity index (χ3v) is 5.85. The lowest BCUT2D eigenvalue weighted by Crippen LogP contribution is -2.37. The Morgan fingerprint density at radius 1 is 1.32 bits per heavy atom. The molecule has 3 rings (SSSR count). The Labute approximate surface area is 131 Å². The predicted molar refractivity (Wildman–Crippen MR) is 79.2 cm³/mol. The fourth-order valence-corrected chi connectivity index (χ4v) is 4.29. The van der Waals surface area contributed by atoms with Gasteiger partial charge in [-0.05, 0) is 24.6 Å². The molecular weight excluding hydrogens is 331 g/mol. The van der Waals surface area contributed by atoms with Crippen molar-refractivity contribution in [2.24, 2.45) is 0 Å². The molecular formula is C13H12ClFN4O2S. The molecule has 0 atom stereocenters. The molecule has 9 heteroatoms. The molecule has 6 nitrogen and oxygen atoms in total. The van der Waals surface area contributed by atoms with Crippen molar-refractivity contribution in [1.29, 1.82) is 0 Å². The zero-order chi connectivity index (χ0) is 15.9. The molecule has 0 aliphatic carbocycles. The SMILES string of the molecule is Nc1ncnc2c1CCN(S(=O)(=O)c1ccc(F)cc1Cl)C2. The van der Waals surface area contributed by atoms with Gasteiger partial charge in [-0.2, -0.15) is 4.31 Å². The van der Waals surface area contributed by atoms with E-state index < -0.39 is 15.8 Å². The van der Waals surface area contributed by atoms with Crippen LogP contribution in [-0.4, -0.2) is 29.2 Å². The van der Waals surface area contributed by atoms with Gasteiger partial charge in [0.15, 0.2) is 0 Å². The van der Waals surface area contributed by atoms with Crippen molar-refractivity contribution in [3.05, 3.63) is 46.6 Å². The minimum absolute atomic E-state index is 0.0814. The molecule has 1 aliphatic heterocycles. The first-order valence-electron chi connectivity index (χ1n) is 6.43. The Balaban J connectivity index is 1.98. The maximum absolute atomic E-state index is 13.1. The fraction of sp³-hybridized carbons (Fsp3) is 0.231. The second kappa shape index (κ2) is 5.45. The van der Waals surface area contributed by atoms with Crippen molar-refractivity contribution >= 4 is 27.4 Å². The Hall–Kier alpha value is -1.77. The summed E-state index contributed by atoms with van der Waals surface area (Å²) in [6.45, 7) is 0.318. The number of anilines is 1. The summed E-state index contributed by atoms with van der Waals surface area (Å²) in [6, 6.07) is 3.21. The Morgan fingerprint density at radius 3 is 2.82 bits per heavy atom. The van der Waals surface area contributed by atoms with E-state index in [1.54, 1.807) is 0 Å². The topological polar surface area (TPSA) is 89.2 Å². The molecule has 0 spiro atoms. The molecule has 116 valence electrons. The summed E-state index contributed by atoms with van der Waals surface area (Å²) >= 11 is 5.87. The number of aromatic nitrogens is 2. The van der Waals surface area contributed by atoms with E-state index in [1.807, 2.05) is 0 Å². The van der Waals surface area contributed by atoms with Crippen LogP contribution >= 0.6 is 11.6 Å². The van der Waals surface area contributed by atoms with Crippen molar-refractivity contribution in [1.82, 2.24) is 14.3 Å². The number of rotatable bonds is 2. The van der Waals surface area contributed by atoms with Gasteiger partial charge in [0.1, 0.15) is 22.9 Å². The first kappa shape index (κ1) is 15.1. The van der Waals surface area contributed by atoms with Gasteiger partial charge in [-0.3, -0.25) is 0 Å². The minimum atomic E-state index is -3.83. The predicted octanol–water partition coefficient (Wildman–Crippen LogP) is 1.60. The van der Waals surface area contributed by atoms with Crippen LogP contribution in [0.3, 0.4) is 0 Å². The third-order valence-electron chi connectivity index (χ3n) is 3.52. The number of halogens is 2. The Morgan fingerprint density at radius 2 is 2.09 bits per heavy atom. The van der Waals surface area contributed by atoms with Crippen LogP contribution in [-0.2, 0) is 23.0 Å². The first-order valence-corrected chi connectivity index (χ1v) is 8.25. The zero-order valence-corrected chi connectivity index (χ0v) is 12.9. The first-order chi connectivity index (χ1) is 10.4. The van der Waals surface area contributed by atoms with E-state index in [1.165, 1.54) is 10.6 Å². The number of nitrogen functional groups attached to an aromatic ring is 1. The van der Waals surface area contributed by atoms with Crippen LogP contribution in [0, 0.1) is 5.82 Å². The van der Waals surface area contributed by atoms with E-state index in [-0.39, 0.29) is 23.0 Å². The number of nitrogens with two attached hydrogens (primary N) is 1. The number of nitrogens with zero attached hydrogens (tertiary/aromatic N) is 3. The molecule has 2 heterocycles. The number of sulfonamides is 1. The van der Waals surface area contributed by atoms with Crippen LogP contribution in [0.5, 0.6) is 0 Å². The highest BCUT2D eigenvalue weighted by Crippen LogP contribution is 2.29. The maximum Gasteiger partial charge on any atom is 0.244 e. The van der Waals surface area contributed by atoms with Crippen LogP contribution in [0.15, 0.2) is 29.4 Å². The second-order valence-electron chi connectivity index (χ2n) is 4.85.